The molecule has 0 spiro atoms. The maximum atomic E-state index is 12.6. The normalized spacial score (nSPS) is 11.9. The van der Waals surface area contributed by atoms with Gasteiger partial charge in [-0.25, -0.2) is 8.42 Å². The van der Waals surface area contributed by atoms with Gasteiger partial charge in [-0.15, -0.1) is 0 Å². The number of carbonyl (C=O) groups is 2. The van der Waals surface area contributed by atoms with Gasteiger partial charge in [0.1, 0.15) is 22.5 Å². The van der Waals surface area contributed by atoms with Crippen molar-refractivity contribution in [1.82, 2.24) is 4.72 Å². The van der Waals surface area contributed by atoms with Crippen LogP contribution in [-0.2, 0) is 19.6 Å². The minimum Gasteiger partial charge on any atom is -0.494 e. The molecule has 0 fully saturated rings. The molecular weight excluding hydrogens is 464 g/mol. The van der Waals surface area contributed by atoms with Gasteiger partial charge in [0.15, 0.2) is 5.75 Å². The lowest BCUT2D eigenvalue weighted by Crippen LogP contribution is -2.38. The number of nitrogens with one attached hydrogen (secondary N) is 3. The van der Waals surface area contributed by atoms with Crippen LogP contribution in [0.3, 0.4) is 0 Å². The Morgan fingerprint density at radius 1 is 1.15 bits per heavy atom. The molecule has 0 aliphatic rings. The number of aliphatic carboxylic acids is 1. The van der Waals surface area contributed by atoms with Gasteiger partial charge >= 0.3 is 5.97 Å². The summed E-state index contributed by atoms with van der Waals surface area (Å²) in [6, 6.07) is 9.61. The number of carboxylic acids is 1. The predicted molar refractivity (Wildman–Crippen MR) is 126 cm³/mol. The van der Waals surface area contributed by atoms with Crippen molar-refractivity contribution in [2.24, 2.45) is 5.73 Å². The van der Waals surface area contributed by atoms with Gasteiger partial charge in [-0.05, 0) is 56.2 Å². The van der Waals surface area contributed by atoms with Crippen molar-refractivity contribution < 1.29 is 32.6 Å². The number of hydrogen-bond acceptors (Lipinski definition) is 7. The van der Waals surface area contributed by atoms with E-state index in [-0.39, 0.29) is 34.5 Å². The summed E-state index contributed by atoms with van der Waals surface area (Å²) in [5.74, 6) is -1.17. The molecule has 0 heterocycles. The zero-order valence-electron chi connectivity index (χ0n) is 18.8. The first kappa shape index (κ1) is 26.6. The molecule has 0 bridgehead atoms. The van der Waals surface area contributed by atoms with E-state index in [2.05, 4.69) is 5.32 Å². The summed E-state index contributed by atoms with van der Waals surface area (Å²) in [5.41, 5.74) is 6.16. The highest BCUT2D eigenvalue weighted by atomic mass is 32.2. The Hall–Kier alpha value is -3.64. The second-order valence-corrected chi connectivity index (χ2v) is 8.99. The number of nitrogens with two attached hydrogens (primary N) is 1. The van der Waals surface area contributed by atoms with E-state index in [1.807, 2.05) is 4.72 Å². The maximum Gasteiger partial charge on any atom is 0.321 e. The first-order chi connectivity index (χ1) is 16.0. The number of carbonyl (C=O) groups excluding carboxylic acids is 1. The van der Waals surface area contributed by atoms with Gasteiger partial charge in [0.2, 0.25) is 15.9 Å². The number of nitrogen functional groups attached to an aromatic ring is 1. The number of amides is 1. The van der Waals surface area contributed by atoms with Gasteiger partial charge in [-0.2, -0.15) is 4.72 Å². The van der Waals surface area contributed by atoms with Gasteiger partial charge in [0.25, 0.3) is 0 Å². The molecule has 11 nitrogen and oxygen atoms in total. The third-order valence-electron chi connectivity index (χ3n) is 4.68. The molecule has 0 radical (unpaired) electrons. The number of anilines is 1. The molecule has 6 N–H and O–H groups in total. The summed E-state index contributed by atoms with van der Waals surface area (Å²) in [5, 5.41) is 19.0. The molecular formula is C22H28N4O7S. The molecule has 1 atom stereocenters. The van der Waals surface area contributed by atoms with E-state index < -0.39 is 22.0 Å². The highest BCUT2D eigenvalue weighted by Crippen LogP contribution is 2.32. The third-order valence-corrected chi connectivity index (χ3v) is 6.25. The first-order valence-electron chi connectivity index (χ1n) is 10.3. The summed E-state index contributed by atoms with van der Waals surface area (Å²) >= 11 is 0. The van der Waals surface area contributed by atoms with E-state index in [9.17, 15) is 18.0 Å². The number of methoxy groups -OCH3 is 1. The van der Waals surface area contributed by atoms with Gasteiger partial charge in [-0.1, -0.05) is 6.07 Å². The Labute approximate surface area is 197 Å². The molecule has 0 aromatic heterocycles. The van der Waals surface area contributed by atoms with Crippen molar-refractivity contribution in [3.63, 3.8) is 0 Å². The number of hydrogen-bond donors (Lipinski definition) is 5. The molecule has 0 saturated carbocycles. The van der Waals surface area contributed by atoms with Crippen LogP contribution >= 0.6 is 0 Å². The molecule has 0 aliphatic heterocycles. The zero-order chi connectivity index (χ0) is 25.3. The smallest absolute Gasteiger partial charge is 0.321 e. The number of benzene rings is 2. The standard InChI is InChI=1S/C22H28N4O7S/c1-14(22(28)29)26-34(30,31)18-7-5-6-17(20(18)32-2)25-19(27)8-3-4-13-33-16-11-9-15(10-12-16)21(23)24/h5-7,9-12,14,26H,3-4,8,13H2,1-2H3,(H3,23,24)(H,25,27)(H,28,29)/t14-/m0/s1. The highest BCUT2D eigenvalue weighted by Gasteiger charge is 2.26. The Morgan fingerprint density at radius 2 is 1.82 bits per heavy atom. The number of sulfonamides is 1. The van der Waals surface area contributed by atoms with Gasteiger partial charge in [-0.3, -0.25) is 15.0 Å². The van der Waals surface area contributed by atoms with Crippen LogP contribution in [0.4, 0.5) is 5.69 Å². The topological polar surface area (TPSA) is 181 Å². The van der Waals surface area contributed by atoms with Gasteiger partial charge < -0.3 is 25.6 Å². The van der Waals surface area contributed by atoms with Crippen molar-refractivity contribution in [1.29, 1.82) is 5.41 Å². The van der Waals surface area contributed by atoms with Crippen LogP contribution in [0.15, 0.2) is 47.4 Å². The number of rotatable bonds is 13. The second kappa shape index (κ2) is 12.0. The van der Waals surface area contributed by atoms with Gasteiger partial charge in [0.05, 0.1) is 19.4 Å². The van der Waals surface area contributed by atoms with Crippen LogP contribution in [0.2, 0.25) is 0 Å². The monoisotopic (exact) mass is 492 g/mol. The lowest BCUT2D eigenvalue weighted by Gasteiger charge is -2.16. The van der Waals surface area contributed by atoms with E-state index in [0.717, 1.165) is 0 Å². The van der Waals surface area contributed by atoms with E-state index in [4.69, 9.17) is 25.7 Å². The van der Waals surface area contributed by atoms with Crippen LogP contribution in [0.25, 0.3) is 0 Å². The molecule has 0 saturated heterocycles. The van der Waals surface area contributed by atoms with Gasteiger partial charge in [0, 0.05) is 12.0 Å². The molecule has 2 aromatic rings. The fourth-order valence-corrected chi connectivity index (χ4v) is 4.29. The summed E-state index contributed by atoms with van der Waals surface area (Å²) in [6.45, 7) is 1.58. The number of unbranched alkanes of at least 4 members (excludes halogenated alkanes) is 1. The molecule has 1 amide bonds. The quantitative estimate of drug-likeness (QED) is 0.160. The minimum atomic E-state index is -4.21. The highest BCUT2D eigenvalue weighted by molar-refractivity contribution is 7.89. The fourth-order valence-electron chi connectivity index (χ4n) is 2.90. The van der Waals surface area contributed by atoms with Crippen LogP contribution < -0.4 is 25.2 Å². The lowest BCUT2D eigenvalue weighted by molar-refractivity contribution is -0.138. The SMILES string of the molecule is COc1c(NC(=O)CCCCOc2ccc(C(=N)N)cc2)cccc1S(=O)(=O)N[C@@H](C)C(=O)O. The molecule has 184 valence electrons. The third kappa shape index (κ3) is 7.46. The molecule has 34 heavy (non-hydrogen) atoms. The predicted octanol–water partition coefficient (Wildman–Crippen LogP) is 1.92. The molecule has 2 rings (SSSR count). The average molecular weight is 493 g/mol. The zero-order valence-corrected chi connectivity index (χ0v) is 19.6. The van der Waals surface area contributed by atoms with Crippen LogP contribution in [0, 0.1) is 5.41 Å². The Balaban J connectivity index is 1.91. The maximum absolute atomic E-state index is 12.6. The van der Waals surface area contributed by atoms with E-state index in [0.29, 0.717) is 30.8 Å². The summed E-state index contributed by atoms with van der Waals surface area (Å²) in [6.07, 6.45) is 1.29. The second-order valence-electron chi connectivity index (χ2n) is 7.31. The molecule has 12 heteroatoms. The van der Waals surface area contributed by atoms with Crippen LogP contribution in [-0.4, -0.2) is 51.0 Å². The van der Waals surface area contributed by atoms with Crippen molar-refractivity contribution in [3.8, 4) is 11.5 Å². The summed E-state index contributed by atoms with van der Waals surface area (Å²) < 4.78 is 38.0. The molecule has 2 aromatic carbocycles. The molecule has 0 aliphatic carbocycles. The summed E-state index contributed by atoms with van der Waals surface area (Å²) in [7, 11) is -2.95. The average Bonchev–Trinajstić information content (AvgIpc) is 2.78. The number of amidine groups is 1. The van der Waals surface area contributed by atoms with Crippen molar-refractivity contribution in [2.75, 3.05) is 19.0 Å². The Kier molecular flexibility index (Phi) is 9.39. The van der Waals surface area contributed by atoms with E-state index in [1.54, 1.807) is 24.3 Å². The number of ether oxygens (including phenoxy) is 2. The minimum absolute atomic E-state index is 0.0246. The number of para-hydroxylation sites is 1. The summed E-state index contributed by atoms with van der Waals surface area (Å²) in [4.78, 5) is 23.1. The van der Waals surface area contributed by atoms with Crippen molar-refractivity contribution in [2.45, 2.75) is 37.1 Å². The Morgan fingerprint density at radius 3 is 2.41 bits per heavy atom. The van der Waals surface area contributed by atoms with Crippen LogP contribution in [0.5, 0.6) is 11.5 Å². The van der Waals surface area contributed by atoms with Crippen molar-refractivity contribution in [3.05, 3.63) is 48.0 Å². The molecule has 0 unspecified atom stereocenters. The first-order valence-corrected chi connectivity index (χ1v) is 11.8. The largest absolute Gasteiger partial charge is 0.494 e. The van der Waals surface area contributed by atoms with E-state index >= 15 is 0 Å². The fraction of sp³-hybridized carbons (Fsp3) is 0.318. The van der Waals surface area contributed by atoms with Crippen LogP contribution in [0.1, 0.15) is 31.7 Å². The van der Waals surface area contributed by atoms with Crippen molar-refractivity contribution >= 4 is 33.4 Å². The number of carboxylic acid groups (broad SMARTS) is 1. The Bertz CT molecular complexity index is 1130. The lowest BCUT2D eigenvalue weighted by atomic mass is 10.2. The van der Waals surface area contributed by atoms with E-state index in [1.165, 1.54) is 32.2 Å².